The number of hydrogen-bond donors (Lipinski definition) is 2. The Hall–Kier alpha value is -0.750. The zero-order valence-corrected chi connectivity index (χ0v) is 11.7. The van der Waals surface area contributed by atoms with Gasteiger partial charge in [0.2, 0.25) is 5.91 Å². The summed E-state index contributed by atoms with van der Waals surface area (Å²) in [6.45, 7) is 7.86. The third-order valence-corrected chi connectivity index (χ3v) is 3.29. The fraction of sp³-hybridized carbons (Fsp3) is 0.818. The molecule has 0 saturated carbocycles. The third kappa shape index (κ3) is 5.93. The van der Waals surface area contributed by atoms with Crippen LogP contribution in [0.1, 0.15) is 27.7 Å². The van der Waals surface area contributed by atoms with E-state index >= 15 is 0 Å². The Balaban J connectivity index is 4.12. The normalized spacial score (nSPS) is 12.9. The lowest BCUT2D eigenvalue weighted by atomic mass is 10.2. The molecule has 0 radical (unpaired) electrons. The van der Waals surface area contributed by atoms with Gasteiger partial charge >= 0.3 is 5.97 Å². The summed E-state index contributed by atoms with van der Waals surface area (Å²) >= 11 is 1.26. The van der Waals surface area contributed by atoms with Crippen LogP contribution < -0.4 is 5.73 Å². The minimum Gasteiger partial charge on any atom is -0.480 e. The molecule has 0 aliphatic carbocycles. The summed E-state index contributed by atoms with van der Waals surface area (Å²) in [5.74, 6) is -0.477. The molecule has 17 heavy (non-hydrogen) atoms. The molecule has 0 spiro atoms. The third-order valence-electron chi connectivity index (χ3n) is 2.24. The van der Waals surface area contributed by atoms with Crippen molar-refractivity contribution in [2.45, 2.75) is 45.8 Å². The van der Waals surface area contributed by atoms with Crippen LogP contribution >= 0.6 is 11.8 Å². The molecule has 0 aliphatic rings. The fourth-order valence-electron chi connectivity index (χ4n) is 1.59. The molecular weight excluding hydrogens is 240 g/mol. The lowest BCUT2D eigenvalue weighted by Gasteiger charge is -2.30. The molecule has 0 aromatic carbocycles. The van der Waals surface area contributed by atoms with Crippen LogP contribution in [0.15, 0.2) is 0 Å². The van der Waals surface area contributed by atoms with E-state index in [1.165, 1.54) is 11.8 Å². The topological polar surface area (TPSA) is 83.6 Å². The summed E-state index contributed by atoms with van der Waals surface area (Å²) in [6, 6.07) is -0.605. The molecule has 0 saturated heterocycles. The summed E-state index contributed by atoms with van der Waals surface area (Å²) in [5.41, 5.74) is 5.35. The van der Waals surface area contributed by atoms with Gasteiger partial charge in [0.15, 0.2) is 0 Å². The van der Waals surface area contributed by atoms with Gasteiger partial charge in [-0.3, -0.25) is 9.59 Å². The molecule has 0 aromatic heterocycles. The average molecular weight is 262 g/mol. The summed E-state index contributed by atoms with van der Waals surface area (Å²) in [6.07, 6.45) is 0. The van der Waals surface area contributed by atoms with Crippen LogP contribution in [0.3, 0.4) is 0 Å². The number of rotatable bonds is 7. The molecule has 0 fully saturated rings. The van der Waals surface area contributed by atoms with Crippen LogP contribution in [-0.2, 0) is 9.59 Å². The molecule has 1 atom stereocenters. The number of aliphatic carboxylic acids is 1. The summed E-state index contributed by atoms with van der Waals surface area (Å²) in [4.78, 5) is 24.2. The second-order valence-corrected chi connectivity index (χ2v) is 5.48. The van der Waals surface area contributed by atoms with E-state index < -0.39 is 12.0 Å². The maximum absolute atomic E-state index is 11.9. The van der Waals surface area contributed by atoms with Crippen molar-refractivity contribution >= 4 is 23.6 Å². The van der Waals surface area contributed by atoms with Crippen molar-refractivity contribution in [1.29, 1.82) is 0 Å². The number of thioether (sulfide) groups is 1. The van der Waals surface area contributed by atoms with E-state index in [9.17, 15) is 9.59 Å². The molecule has 5 nitrogen and oxygen atoms in total. The van der Waals surface area contributed by atoms with Crippen LogP contribution in [0.2, 0.25) is 0 Å². The van der Waals surface area contributed by atoms with Crippen molar-refractivity contribution in [2.75, 3.05) is 11.5 Å². The van der Waals surface area contributed by atoms with Gasteiger partial charge in [0.25, 0.3) is 0 Å². The average Bonchev–Trinajstić information content (AvgIpc) is 2.15. The highest BCUT2D eigenvalue weighted by Gasteiger charge is 2.20. The van der Waals surface area contributed by atoms with Gasteiger partial charge in [-0.2, -0.15) is 0 Å². The predicted molar refractivity (Wildman–Crippen MR) is 70.1 cm³/mol. The quantitative estimate of drug-likeness (QED) is 0.708. The van der Waals surface area contributed by atoms with Crippen molar-refractivity contribution in [3.63, 3.8) is 0 Å². The lowest BCUT2D eigenvalue weighted by Crippen LogP contribution is -2.43. The monoisotopic (exact) mass is 262 g/mol. The first-order valence-corrected chi connectivity index (χ1v) is 6.80. The van der Waals surface area contributed by atoms with Gasteiger partial charge in [-0.15, -0.1) is 11.8 Å². The number of amides is 1. The van der Waals surface area contributed by atoms with Gasteiger partial charge in [0.05, 0.1) is 5.75 Å². The molecule has 100 valence electrons. The van der Waals surface area contributed by atoms with E-state index in [2.05, 4.69) is 0 Å². The Kier molecular flexibility index (Phi) is 7.22. The first kappa shape index (κ1) is 16.2. The highest BCUT2D eigenvalue weighted by molar-refractivity contribution is 8.00. The second kappa shape index (κ2) is 7.55. The van der Waals surface area contributed by atoms with Crippen molar-refractivity contribution in [1.82, 2.24) is 4.90 Å². The molecule has 0 bridgehead atoms. The van der Waals surface area contributed by atoms with E-state index in [1.54, 1.807) is 4.90 Å². The Morgan fingerprint density at radius 1 is 1.24 bits per heavy atom. The summed E-state index contributed by atoms with van der Waals surface area (Å²) in [7, 11) is 0. The highest BCUT2D eigenvalue weighted by atomic mass is 32.2. The molecule has 0 unspecified atom stereocenters. The van der Waals surface area contributed by atoms with Gasteiger partial charge in [0, 0.05) is 17.8 Å². The van der Waals surface area contributed by atoms with E-state index in [4.69, 9.17) is 10.8 Å². The lowest BCUT2D eigenvalue weighted by molar-refractivity contribution is -0.138. The minimum absolute atomic E-state index is 0.0255. The maximum Gasteiger partial charge on any atom is 0.321 e. The number of carboxylic acid groups (broad SMARTS) is 1. The van der Waals surface area contributed by atoms with E-state index in [0.29, 0.717) is 0 Å². The van der Waals surface area contributed by atoms with Gasteiger partial charge < -0.3 is 15.7 Å². The number of nitrogens with zero attached hydrogens (tertiary/aromatic N) is 1. The molecule has 0 rings (SSSR count). The molecule has 1 amide bonds. The maximum atomic E-state index is 11.9. The first-order valence-electron chi connectivity index (χ1n) is 5.64. The van der Waals surface area contributed by atoms with Gasteiger partial charge in [-0.1, -0.05) is 0 Å². The Bertz CT molecular complexity index is 261. The molecule has 0 heterocycles. The molecule has 0 aliphatic heterocycles. The molecular formula is C11H22N2O3S. The summed E-state index contributed by atoms with van der Waals surface area (Å²) in [5, 5.41) is 8.60. The van der Waals surface area contributed by atoms with Crippen molar-refractivity contribution in [3.05, 3.63) is 0 Å². The molecule has 0 aromatic rings. The van der Waals surface area contributed by atoms with Crippen LogP contribution in [-0.4, -0.2) is 51.5 Å². The van der Waals surface area contributed by atoms with Crippen LogP contribution in [0.25, 0.3) is 0 Å². The fourth-order valence-corrected chi connectivity index (χ4v) is 2.43. The van der Waals surface area contributed by atoms with Crippen LogP contribution in [0.4, 0.5) is 0 Å². The Morgan fingerprint density at radius 2 is 1.71 bits per heavy atom. The smallest absolute Gasteiger partial charge is 0.321 e. The van der Waals surface area contributed by atoms with E-state index in [1.807, 2.05) is 27.7 Å². The number of carbonyl (C=O) groups is 2. The summed E-state index contributed by atoms with van der Waals surface area (Å²) < 4.78 is 0. The minimum atomic E-state index is -1.03. The van der Waals surface area contributed by atoms with Crippen molar-refractivity contribution in [2.24, 2.45) is 5.73 Å². The van der Waals surface area contributed by atoms with Crippen molar-refractivity contribution < 1.29 is 14.7 Å². The van der Waals surface area contributed by atoms with Crippen molar-refractivity contribution in [3.8, 4) is 0 Å². The molecule has 6 heteroatoms. The van der Waals surface area contributed by atoms with E-state index in [0.717, 1.165) is 0 Å². The number of hydrogen-bond acceptors (Lipinski definition) is 4. The zero-order valence-electron chi connectivity index (χ0n) is 10.8. The predicted octanol–water partition coefficient (Wildman–Crippen LogP) is 0.777. The van der Waals surface area contributed by atoms with Gasteiger partial charge in [-0.05, 0) is 27.7 Å². The second-order valence-electron chi connectivity index (χ2n) is 4.45. The van der Waals surface area contributed by atoms with Gasteiger partial charge in [0.1, 0.15) is 6.04 Å². The number of nitrogens with two attached hydrogens (primary N) is 1. The highest BCUT2D eigenvalue weighted by Crippen LogP contribution is 2.10. The Morgan fingerprint density at radius 3 is 2.06 bits per heavy atom. The zero-order chi connectivity index (χ0) is 13.6. The standard InChI is InChI=1S/C11H22N2O3S/c1-7(2)13(8(3)4)10(14)6-17-5-9(12)11(15)16/h7-9H,5-6,12H2,1-4H3,(H,15,16)/t9-/m1/s1. The largest absolute Gasteiger partial charge is 0.480 e. The van der Waals surface area contributed by atoms with Gasteiger partial charge in [-0.25, -0.2) is 0 Å². The van der Waals surface area contributed by atoms with Crippen LogP contribution in [0, 0.1) is 0 Å². The Labute approximate surface area is 107 Å². The number of carboxylic acids is 1. The first-order chi connectivity index (χ1) is 7.77. The van der Waals surface area contributed by atoms with E-state index in [-0.39, 0.29) is 29.5 Å². The number of carbonyl (C=O) groups excluding carboxylic acids is 1. The SMILES string of the molecule is CC(C)N(C(=O)CSC[C@@H](N)C(=O)O)C(C)C. The van der Waals surface area contributed by atoms with Crippen LogP contribution in [0.5, 0.6) is 0 Å². The molecule has 3 N–H and O–H groups in total.